The van der Waals surface area contributed by atoms with E-state index < -0.39 is 41.2 Å². The Balaban J connectivity index is 0.000000239. The summed E-state index contributed by atoms with van der Waals surface area (Å²) in [5.74, 6) is -0.705. The lowest BCUT2D eigenvalue weighted by molar-refractivity contribution is 0.0488. The van der Waals surface area contributed by atoms with Crippen molar-refractivity contribution in [2.24, 2.45) is 0 Å². The van der Waals surface area contributed by atoms with Crippen LogP contribution >= 0.6 is 68.4 Å². The van der Waals surface area contributed by atoms with E-state index >= 15 is 0 Å². The lowest BCUT2D eigenvalue weighted by Crippen LogP contribution is -2.49. The van der Waals surface area contributed by atoms with Crippen molar-refractivity contribution in [3.8, 4) is 0 Å². The fraction of sp³-hybridized carbons (Fsp3) is 0.390. The number of rotatable bonds is 14. The minimum absolute atomic E-state index is 0.161. The number of imidazole rings is 2. The van der Waals surface area contributed by atoms with Crippen LogP contribution in [0.4, 0.5) is 32.9 Å². The quantitative estimate of drug-likeness (QED) is 0.0525. The van der Waals surface area contributed by atoms with Crippen LogP contribution in [-0.4, -0.2) is 126 Å². The minimum Gasteiger partial charge on any atom is -0.465 e. The largest absolute Gasteiger partial charge is 0.465 e. The van der Waals surface area contributed by atoms with Crippen LogP contribution in [0.2, 0.25) is 10.0 Å². The number of esters is 2. The van der Waals surface area contributed by atoms with Crippen LogP contribution < -0.4 is 30.7 Å². The lowest BCUT2D eigenvalue weighted by atomic mass is 10.1. The summed E-state index contributed by atoms with van der Waals surface area (Å²) >= 11 is 17.2. The van der Waals surface area contributed by atoms with Gasteiger partial charge in [-0.2, -0.15) is 0 Å². The highest BCUT2D eigenvalue weighted by Crippen LogP contribution is 2.32. The Morgan fingerprint density at radius 1 is 0.614 bits per heavy atom. The van der Waals surface area contributed by atoms with Crippen molar-refractivity contribution < 1.29 is 47.7 Å². The number of anilines is 4. The molecule has 2 saturated heterocycles. The SMILES string of the molecule is COC(=O)c1ccccc1N(C)C(=O)c1c(I)nc(N2CCC[C@@H](NC(=O)OC(C)(C)C)C2)n1Cc1ccccc1Cl.COC(=O)c1ccccc1NC(=O)c1c(I)nc(N2CCC[C@@H](NC(=O)OC(C)(C)C)C2)n1Cc1ccccc1Cl. The molecule has 3 N–H and O–H groups in total. The number of aromatic nitrogens is 4. The first-order chi connectivity index (χ1) is 39.4. The summed E-state index contributed by atoms with van der Waals surface area (Å²) in [6.45, 7) is 13.9. The number of alkyl carbamates (subject to hydrolysis) is 2. The van der Waals surface area contributed by atoms with Crippen LogP contribution in [0, 0.1) is 7.40 Å². The van der Waals surface area contributed by atoms with E-state index in [1.165, 1.54) is 19.1 Å². The molecule has 2 aromatic heterocycles. The summed E-state index contributed by atoms with van der Waals surface area (Å²) in [4.78, 5) is 92.9. The fourth-order valence-electron chi connectivity index (χ4n) is 9.50. The number of halogens is 4. The maximum atomic E-state index is 14.1. The summed E-state index contributed by atoms with van der Waals surface area (Å²) in [6.07, 6.45) is 2.26. The number of hydrogen-bond donors (Lipinski definition) is 3. The predicted molar refractivity (Wildman–Crippen MR) is 336 cm³/mol. The van der Waals surface area contributed by atoms with E-state index in [2.05, 4.69) is 48.3 Å². The van der Waals surface area contributed by atoms with Gasteiger partial charge in [0.15, 0.2) is 0 Å². The van der Waals surface area contributed by atoms with E-state index in [-0.39, 0.29) is 35.7 Å². The van der Waals surface area contributed by atoms with Gasteiger partial charge in [0, 0.05) is 55.4 Å². The molecule has 6 aromatic rings. The Bertz CT molecular complexity index is 3340. The Morgan fingerprint density at radius 3 is 1.52 bits per heavy atom. The van der Waals surface area contributed by atoms with E-state index in [0.717, 1.165) is 36.8 Å². The van der Waals surface area contributed by atoms with Gasteiger partial charge < -0.3 is 58.7 Å². The zero-order valence-electron chi connectivity index (χ0n) is 47.7. The van der Waals surface area contributed by atoms with E-state index in [4.69, 9.17) is 52.1 Å². The van der Waals surface area contributed by atoms with Crippen LogP contribution in [0.3, 0.4) is 0 Å². The second kappa shape index (κ2) is 28.3. The third kappa shape index (κ3) is 16.8. The molecule has 4 heterocycles. The third-order valence-electron chi connectivity index (χ3n) is 13.2. The van der Waals surface area contributed by atoms with Crippen LogP contribution in [0.1, 0.15) is 120 Å². The van der Waals surface area contributed by atoms with Gasteiger partial charge in [0.25, 0.3) is 11.8 Å². The van der Waals surface area contributed by atoms with Crippen molar-refractivity contribution in [3.05, 3.63) is 148 Å². The van der Waals surface area contributed by atoms with Gasteiger partial charge in [-0.25, -0.2) is 29.1 Å². The van der Waals surface area contributed by atoms with Gasteiger partial charge in [0.1, 0.15) is 30.0 Å². The molecule has 0 spiro atoms. The molecule has 20 nitrogen and oxygen atoms in total. The second-order valence-corrected chi connectivity index (χ2v) is 24.5. The number of carbonyl (C=O) groups is 6. The van der Waals surface area contributed by atoms with E-state index in [1.54, 1.807) is 67.7 Å². The Kier molecular flexibility index (Phi) is 21.8. The highest BCUT2D eigenvalue weighted by Gasteiger charge is 2.34. The molecule has 2 aliphatic rings. The number of amides is 4. The number of benzene rings is 4. The second-order valence-electron chi connectivity index (χ2n) is 21.7. The van der Waals surface area contributed by atoms with Gasteiger partial charge in [-0.05, 0) is 160 Å². The maximum Gasteiger partial charge on any atom is 0.407 e. The number of para-hydroxylation sites is 2. The molecular formula is C59H68Cl2I2N10O10. The Hall–Kier alpha value is -6.64. The summed E-state index contributed by atoms with van der Waals surface area (Å²) in [5.41, 5.74) is 2.36. The molecular weight excluding hydrogens is 1330 g/mol. The first-order valence-corrected chi connectivity index (χ1v) is 29.7. The van der Waals surface area contributed by atoms with E-state index in [0.29, 0.717) is 84.8 Å². The van der Waals surface area contributed by atoms with Gasteiger partial charge >= 0.3 is 24.1 Å². The van der Waals surface area contributed by atoms with E-state index in [1.807, 2.05) is 110 Å². The van der Waals surface area contributed by atoms with Crippen molar-refractivity contribution in [2.45, 2.75) is 104 Å². The molecule has 0 saturated carbocycles. The average molecular weight is 1400 g/mol. The summed E-state index contributed by atoms with van der Waals surface area (Å²) in [6, 6.07) is 28.0. The predicted octanol–water partition coefficient (Wildman–Crippen LogP) is 11.5. The van der Waals surface area contributed by atoms with E-state index in [9.17, 15) is 28.8 Å². The minimum atomic E-state index is -0.604. The first kappa shape index (κ1) is 63.9. The number of nitrogens with zero attached hydrogens (tertiary/aromatic N) is 7. The molecule has 83 heavy (non-hydrogen) atoms. The highest BCUT2D eigenvalue weighted by atomic mass is 127. The van der Waals surface area contributed by atoms with Crippen LogP contribution in [0.15, 0.2) is 97.1 Å². The Morgan fingerprint density at radius 2 is 1.04 bits per heavy atom. The molecule has 24 heteroatoms. The molecule has 0 bridgehead atoms. The highest BCUT2D eigenvalue weighted by molar-refractivity contribution is 14.1. The van der Waals surface area contributed by atoms with Gasteiger partial charge in [-0.15, -0.1) is 0 Å². The average Bonchev–Trinajstić information content (AvgIpc) is 3.65. The molecule has 0 unspecified atom stereocenters. The number of piperidine rings is 2. The van der Waals surface area contributed by atoms with Gasteiger partial charge in [0.05, 0.1) is 49.8 Å². The first-order valence-electron chi connectivity index (χ1n) is 26.8. The Labute approximate surface area is 520 Å². The van der Waals surface area contributed by atoms with Crippen molar-refractivity contribution in [2.75, 3.05) is 67.5 Å². The monoisotopic (exact) mass is 1400 g/mol. The summed E-state index contributed by atoms with van der Waals surface area (Å²) in [7, 11) is 4.21. The molecule has 4 amide bonds. The summed E-state index contributed by atoms with van der Waals surface area (Å²) in [5, 5.41) is 9.94. The van der Waals surface area contributed by atoms with Crippen LogP contribution in [0.25, 0.3) is 0 Å². The van der Waals surface area contributed by atoms with Crippen molar-refractivity contribution in [3.63, 3.8) is 0 Å². The standard InChI is InChI=1S/C30H35ClIN5O5.C29H33ClIN5O5/c1-30(2,3)42-29(40)33-20-12-10-16-36(18-20)28-34-25(32)24(37(28)17-19-11-6-8-14-22(19)31)26(38)35(4)23-15-9-7-13-21(23)27(39)41-5;1-29(2,3)41-28(39)32-19-11-9-15-35(17-19)27-34-24(31)23(36(27)16-18-10-5-7-13-21(18)30)25(37)33-22-14-8-6-12-20(22)26(38)40-4/h6-9,11,13-15,20H,10,12,16-18H2,1-5H3,(H,33,40);5-8,10,12-14,19H,9,11,15-17H2,1-4H3,(H,32,39)(H,33,37)/t20-;19-/m11/s1. The van der Waals surface area contributed by atoms with Crippen molar-refractivity contribution in [1.82, 2.24) is 29.7 Å². The zero-order valence-corrected chi connectivity index (χ0v) is 53.5. The van der Waals surface area contributed by atoms with Crippen molar-refractivity contribution in [1.29, 1.82) is 0 Å². The molecule has 2 atom stereocenters. The maximum absolute atomic E-state index is 14.1. The molecule has 0 radical (unpaired) electrons. The number of ether oxygens (including phenoxy) is 4. The number of hydrogen-bond acceptors (Lipinski definition) is 14. The molecule has 0 aliphatic carbocycles. The fourth-order valence-corrected chi connectivity index (χ4v) is 11.4. The number of carbonyl (C=O) groups excluding carboxylic acids is 6. The van der Waals surface area contributed by atoms with Crippen LogP contribution in [-0.2, 0) is 32.0 Å². The smallest absolute Gasteiger partial charge is 0.407 e. The topological polar surface area (TPSA) is 221 Å². The molecule has 4 aromatic carbocycles. The molecule has 2 aliphatic heterocycles. The molecule has 8 rings (SSSR count). The van der Waals surface area contributed by atoms with Crippen LogP contribution in [0.5, 0.6) is 0 Å². The van der Waals surface area contributed by atoms with Gasteiger partial charge in [-0.1, -0.05) is 83.9 Å². The number of nitrogens with one attached hydrogen (secondary N) is 3. The normalized spacial score (nSPS) is 15.2. The number of methoxy groups -OCH3 is 2. The van der Waals surface area contributed by atoms with Crippen molar-refractivity contribution >= 4 is 128 Å². The lowest BCUT2D eigenvalue weighted by Gasteiger charge is -2.34. The molecule has 2 fully saturated rings. The molecule has 442 valence electrons. The third-order valence-corrected chi connectivity index (χ3v) is 15.4. The van der Waals surface area contributed by atoms with Gasteiger partial charge in [0.2, 0.25) is 11.9 Å². The summed E-state index contributed by atoms with van der Waals surface area (Å²) < 4.78 is 25.4. The zero-order chi connectivity index (χ0) is 60.3. The van der Waals surface area contributed by atoms with Gasteiger partial charge in [-0.3, -0.25) is 9.59 Å².